The molecule has 2 N–H and O–H groups in total. The lowest BCUT2D eigenvalue weighted by Crippen LogP contribution is -2.32. The highest BCUT2D eigenvalue weighted by molar-refractivity contribution is 7.08. The van der Waals surface area contributed by atoms with Crippen molar-refractivity contribution in [2.45, 2.75) is 32.7 Å². The monoisotopic (exact) mass is 384 g/mol. The molecule has 3 rings (SSSR count). The number of carboxylic acid groups (broad SMARTS) is 1. The SMILES string of the molecule is Cc1ccccc1C(CC(=O)O)NC(=O)Cc1nc(-c2ccsc2)oc1C. The van der Waals surface area contributed by atoms with Gasteiger partial charge in [0.1, 0.15) is 5.76 Å². The van der Waals surface area contributed by atoms with Crippen LogP contribution in [0.15, 0.2) is 45.5 Å². The van der Waals surface area contributed by atoms with Gasteiger partial charge in [0.2, 0.25) is 11.8 Å². The lowest BCUT2D eigenvalue weighted by atomic mass is 9.98. The number of carbonyl (C=O) groups is 2. The Morgan fingerprint density at radius 1 is 1.26 bits per heavy atom. The summed E-state index contributed by atoms with van der Waals surface area (Å²) in [4.78, 5) is 28.2. The van der Waals surface area contributed by atoms with E-state index >= 15 is 0 Å². The molecule has 1 unspecified atom stereocenters. The zero-order chi connectivity index (χ0) is 19.4. The zero-order valence-electron chi connectivity index (χ0n) is 15.1. The molecule has 140 valence electrons. The minimum absolute atomic E-state index is 0.0292. The molecule has 0 radical (unpaired) electrons. The maximum Gasteiger partial charge on any atom is 0.305 e. The average Bonchev–Trinajstić information content (AvgIpc) is 3.25. The number of hydrogen-bond acceptors (Lipinski definition) is 5. The van der Waals surface area contributed by atoms with Gasteiger partial charge in [0, 0.05) is 10.9 Å². The van der Waals surface area contributed by atoms with Crippen molar-refractivity contribution in [3.8, 4) is 11.5 Å². The molecule has 0 saturated heterocycles. The van der Waals surface area contributed by atoms with Crippen molar-refractivity contribution in [3.63, 3.8) is 0 Å². The van der Waals surface area contributed by atoms with Gasteiger partial charge in [-0.2, -0.15) is 11.3 Å². The van der Waals surface area contributed by atoms with Crippen molar-refractivity contribution in [2.75, 3.05) is 0 Å². The summed E-state index contributed by atoms with van der Waals surface area (Å²) >= 11 is 1.54. The number of aryl methyl sites for hydroxylation is 2. The van der Waals surface area contributed by atoms with Gasteiger partial charge in [-0.05, 0) is 36.4 Å². The molecule has 2 heterocycles. The number of thiophene rings is 1. The van der Waals surface area contributed by atoms with Crippen LogP contribution in [-0.4, -0.2) is 22.0 Å². The highest BCUT2D eigenvalue weighted by atomic mass is 32.1. The third-order valence-corrected chi connectivity index (χ3v) is 4.95. The Morgan fingerprint density at radius 3 is 2.70 bits per heavy atom. The number of benzene rings is 1. The topological polar surface area (TPSA) is 92.4 Å². The molecule has 0 saturated carbocycles. The fourth-order valence-electron chi connectivity index (χ4n) is 2.89. The van der Waals surface area contributed by atoms with E-state index < -0.39 is 12.0 Å². The summed E-state index contributed by atoms with van der Waals surface area (Å²) in [6, 6.07) is 8.74. The molecule has 0 fully saturated rings. The van der Waals surface area contributed by atoms with Crippen LogP contribution in [-0.2, 0) is 16.0 Å². The molecular formula is C20H20N2O4S. The third kappa shape index (κ3) is 4.62. The maximum atomic E-state index is 12.6. The van der Waals surface area contributed by atoms with Gasteiger partial charge in [0.15, 0.2) is 0 Å². The van der Waals surface area contributed by atoms with E-state index in [1.54, 1.807) is 18.3 Å². The Balaban J connectivity index is 1.75. The molecule has 1 atom stereocenters. The highest BCUT2D eigenvalue weighted by Crippen LogP contribution is 2.25. The molecule has 27 heavy (non-hydrogen) atoms. The second-order valence-corrected chi connectivity index (χ2v) is 7.07. The van der Waals surface area contributed by atoms with Crippen LogP contribution in [0.4, 0.5) is 0 Å². The Kier molecular flexibility index (Phi) is 5.71. The van der Waals surface area contributed by atoms with Gasteiger partial charge in [0.25, 0.3) is 0 Å². The molecule has 1 aromatic carbocycles. The maximum absolute atomic E-state index is 12.6. The second kappa shape index (κ2) is 8.18. The summed E-state index contributed by atoms with van der Waals surface area (Å²) in [6.45, 7) is 3.66. The number of oxazole rings is 1. The lowest BCUT2D eigenvalue weighted by Gasteiger charge is -2.19. The summed E-state index contributed by atoms with van der Waals surface area (Å²) in [5.41, 5.74) is 3.15. The molecular weight excluding hydrogens is 364 g/mol. The quantitative estimate of drug-likeness (QED) is 0.645. The normalized spacial score (nSPS) is 11.9. The van der Waals surface area contributed by atoms with E-state index in [-0.39, 0.29) is 18.7 Å². The van der Waals surface area contributed by atoms with Crippen LogP contribution in [0.1, 0.15) is 35.0 Å². The third-order valence-electron chi connectivity index (χ3n) is 4.27. The number of aliphatic carboxylic acids is 1. The largest absolute Gasteiger partial charge is 0.481 e. The first-order chi connectivity index (χ1) is 12.9. The first-order valence-corrected chi connectivity index (χ1v) is 9.44. The van der Waals surface area contributed by atoms with Crippen LogP contribution in [0.2, 0.25) is 0 Å². The standard InChI is InChI=1S/C20H20N2O4S/c1-12-5-3-4-6-15(12)17(10-19(24)25)21-18(23)9-16-13(2)26-20(22-16)14-7-8-27-11-14/h3-8,11,17H,9-10H2,1-2H3,(H,21,23)(H,24,25). The first-order valence-electron chi connectivity index (χ1n) is 8.49. The van der Waals surface area contributed by atoms with Crippen molar-refractivity contribution in [2.24, 2.45) is 0 Å². The molecule has 0 aliphatic carbocycles. The van der Waals surface area contributed by atoms with Crippen LogP contribution in [0.5, 0.6) is 0 Å². The van der Waals surface area contributed by atoms with Gasteiger partial charge in [-0.1, -0.05) is 24.3 Å². The van der Waals surface area contributed by atoms with Gasteiger partial charge < -0.3 is 14.8 Å². The number of carboxylic acids is 1. The van der Waals surface area contributed by atoms with Gasteiger partial charge >= 0.3 is 5.97 Å². The van der Waals surface area contributed by atoms with Crippen LogP contribution in [0, 0.1) is 13.8 Å². The minimum atomic E-state index is -0.971. The van der Waals surface area contributed by atoms with Crippen LogP contribution in [0.25, 0.3) is 11.5 Å². The first kappa shape index (κ1) is 18.8. The molecule has 2 aromatic heterocycles. The number of hydrogen-bond donors (Lipinski definition) is 2. The van der Waals surface area contributed by atoms with E-state index in [9.17, 15) is 14.7 Å². The minimum Gasteiger partial charge on any atom is -0.481 e. The molecule has 0 aliphatic heterocycles. The van der Waals surface area contributed by atoms with Gasteiger partial charge in [-0.25, -0.2) is 4.98 Å². The van der Waals surface area contributed by atoms with Crippen LogP contribution >= 0.6 is 11.3 Å². The predicted molar refractivity (Wildman–Crippen MR) is 103 cm³/mol. The van der Waals surface area contributed by atoms with E-state index in [2.05, 4.69) is 10.3 Å². The van der Waals surface area contributed by atoms with Gasteiger partial charge in [-0.15, -0.1) is 0 Å². The summed E-state index contributed by atoms with van der Waals surface area (Å²) in [7, 11) is 0. The molecule has 1 amide bonds. The fourth-order valence-corrected chi connectivity index (χ4v) is 3.52. The zero-order valence-corrected chi connectivity index (χ0v) is 15.9. The highest BCUT2D eigenvalue weighted by Gasteiger charge is 2.21. The number of carbonyl (C=O) groups excluding carboxylic acids is 1. The van der Waals surface area contributed by atoms with Crippen molar-refractivity contribution in [1.29, 1.82) is 0 Å². The van der Waals surface area contributed by atoms with Crippen molar-refractivity contribution in [3.05, 3.63) is 63.7 Å². The van der Waals surface area contributed by atoms with Crippen molar-refractivity contribution >= 4 is 23.2 Å². The molecule has 0 aliphatic rings. The van der Waals surface area contributed by atoms with E-state index in [0.29, 0.717) is 17.3 Å². The van der Waals surface area contributed by atoms with Crippen LogP contribution in [0.3, 0.4) is 0 Å². The number of rotatable bonds is 7. The number of aromatic nitrogens is 1. The summed E-state index contributed by atoms with van der Waals surface area (Å²) in [6.07, 6.45) is -0.157. The van der Waals surface area contributed by atoms with Crippen LogP contribution < -0.4 is 5.32 Å². The molecule has 0 spiro atoms. The van der Waals surface area contributed by atoms with E-state index in [4.69, 9.17) is 4.42 Å². The fraction of sp³-hybridized carbons (Fsp3) is 0.250. The predicted octanol–water partition coefficient (Wildman–Crippen LogP) is 3.89. The molecule has 3 aromatic rings. The van der Waals surface area contributed by atoms with E-state index in [1.165, 1.54) is 0 Å². The van der Waals surface area contributed by atoms with Crippen molar-refractivity contribution in [1.82, 2.24) is 10.3 Å². The summed E-state index contributed by atoms with van der Waals surface area (Å²) in [5.74, 6) is -0.201. The Hall–Kier alpha value is -2.93. The number of amides is 1. The lowest BCUT2D eigenvalue weighted by molar-refractivity contribution is -0.137. The van der Waals surface area contributed by atoms with E-state index in [0.717, 1.165) is 16.7 Å². The van der Waals surface area contributed by atoms with Gasteiger partial charge in [-0.3, -0.25) is 9.59 Å². The molecule has 0 bridgehead atoms. The Bertz CT molecular complexity index is 947. The summed E-state index contributed by atoms with van der Waals surface area (Å²) < 4.78 is 5.65. The second-order valence-electron chi connectivity index (χ2n) is 6.29. The average molecular weight is 384 g/mol. The Morgan fingerprint density at radius 2 is 2.04 bits per heavy atom. The van der Waals surface area contributed by atoms with Gasteiger partial charge in [0.05, 0.1) is 24.6 Å². The summed E-state index contributed by atoms with van der Waals surface area (Å²) in [5, 5.41) is 15.9. The molecule has 7 heteroatoms. The Labute approximate surface area is 160 Å². The number of nitrogens with one attached hydrogen (secondary N) is 1. The smallest absolute Gasteiger partial charge is 0.305 e. The molecule has 6 nitrogen and oxygen atoms in total. The number of nitrogens with zero attached hydrogens (tertiary/aromatic N) is 1. The van der Waals surface area contributed by atoms with Crippen molar-refractivity contribution < 1.29 is 19.1 Å². The van der Waals surface area contributed by atoms with E-state index in [1.807, 2.05) is 48.0 Å².